The number of fused-ring (bicyclic) bond motifs is 1. The van der Waals surface area contributed by atoms with Crippen LogP contribution >= 0.6 is 0 Å². The van der Waals surface area contributed by atoms with E-state index in [0.717, 1.165) is 25.7 Å². The number of ether oxygens (including phenoxy) is 2. The van der Waals surface area contributed by atoms with E-state index in [1.807, 2.05) is 0 Å². The maximum Gasteiger partial charge on any atom is 0.258 e. The molecule has 6 nitrogen and oxygen atoms in total. The lowest BCUT2D eigenvalue weighted by molar-refractivity contribution is -0.123. The highest BCUT2D eigenvalue weighted by Gasteiger charge is 2.41. The molecular weight excluding hydrogens is 346 g/mol. The molecule has 27 heavy (non-hydrogen) atoms. The van der Waals surface area contributed by atoms with Crippen LogP contribution < -0.4 is 14.8 Å². The van der Waals surface area contributed by atoms with Crippen molar-refractivity contribution in [1.82, 2.24) is 5.32 Å². The quantitative estimate of drug-likeness (QED) is 0.871. The van der Waals surface area contributed by atoms with E-state index in [0.29, 0.717) is 35.8 Å². The molecule has 1 aromatic carbocycles. The molecule has 2 aliphatic rings. The molecule has 142 valence electrons. The average Bonchev–Trinajstić information content (AvgIpc) is 3.19. The molecule has 1 aliphatic carbocycles. The van der Waals surface area contributed by atoms with Gasteiger partial charge in [-0.3, -0.25) is 9.59 Å². The normalized spacial score (nSPS) is 17.9. The summed E-state index contributed by atoms with van der Waals surface area (Å²) in [6.07, 6.45) is 7.28. The van der Waals surface area contributed by atoms with E-state index in [9.17, 15) is 9.59 Å². The second-order valence-corrected chi connectivity index (χ2v) is 7.25. The molecule has 1 saturated carbocycles. The molecular formula is C21H23NO5. The van der Waals surface area contributed by atoms with Crippen LogP contribution in [0.25, 0.3) is 0 Å². The molecule has 1 amide bonds. The summed E-state index contributed by atoms with van der Waals surface area (Å²) in [4.78, 5) is 24.6. The van der Waals surface area contributed by atoms with Crippen LogP contribution in [-0.2, 0) is 11.3 Å². The molecule has 1 N–H and O–H groups in total. The summed E-state index contributed by atoms with van der Waals surface area (Å²) in [5.74, 6) is 1.62. The van der Waals surface area contributed by atoms with Crippen molar-refractivity contribution in [2.75, 3.05) is 6.61 Å². The van der Waals surface area contributed by atoms with E-state index in [4.69, 9.17) is 13.9 Å². The van der Waals surface area contributed by atoms with Gasteiger partial charge in [0.05, 0.1) is 24.8 Å². The maximum atomic E-state index is 12.7. The zero-order valence-corrected chi connectivity index (χ0v) is 15.2. The topological polar surface area (TPSA) is 77.8 Å². The predicted molar refractivity (Wildman–Crippen MR) is 97.9 cm³/mol. The number of ketones is 1. The first-order valence-corrected chi connectivity index (χ1v) is 9.42. The van der Waals surface area contributed by atoms with Gasteiger partial charge >= 0.3 is 0 Å². The smallest absolute Gasteiger partial charge is 0.258 e. The van der Waals surface area contributed by atoms with Gasteiger partial charge in [0.1, 0.15) is 22.9 Å². The number of benzene rings is 1. The fraction of sp³-hybridized carbons (Fsp3) is 0.429. The highest BCUT2D eigenvalue weighted by Crippen LogP contribution is 2.42. The maximum absolute atomic E-state index is 12.7. The Bertz CT molecular complexity index is 821. The van der Waals surface area contributed by atoms with Gasteiger partial charge in [0.15, 0.2) is 12.4 Å². The van der Waals surface area contributed by atoms with Crippen molar-refractivity contribution in [3.05, 3.63) is 47.9 Å². The van der Waals surface area contributed by atoms with Crippen molar-refractivity contribution in [2.24, 2.45) is 0 Å². The van der Waals surface area contributed by atoms with Gasteiger partial charge in [-0.15, -0.1) is 0 Å². The Morgan fingerprint density at radius 3 is 2.81 bits per heavy atom. The number of rotatable bonds is 5. The molecule has 1 aromatic heterocycles. The third-order valence-electron chi connectivity index (χ3n) is 5.24. The predicted octanol–water partition coefficient (Wildman–Crippen LogP) is 3.64. The highest BCUT2D eigenvalue weighted by atomic mass is 16.5. The third-order valence-corrected chi connectivity index (χ3v) is 5.24. The van der Waals surface area contributed by atoms with Crippen LogP contribution in [0.2, 0.25) is 0 Å². The van der Waals surface area contributed by atoms with Gasteiger partial charge in [0.25, 0.3) is 5.91 Å². The summed E-state index contributed by atoms with van der Waals surface area (Å²) in [6.45, 7) is 0.187. The van der Waals surface area contributed by atoms with Crippen molar-refractivity contribution in [1.29, 1.82) is 0 Å². The van der Waals surface area contributed by atoms with E-state index < -0.39 is 0 Å². The number of carbonyl (C=O) groups excluding carboxylic acids is 2. The van der Waals surface area contributed by atoms with E-state index in [-0.39, 0.29) is 23.9 Å². The second kappa shape index (κ2) is 7.47. The van der Waals surface area contributed by atoms with Crippen LogP contribution in [0.4, 0.5) is 0 Å². The molecule has 2 heterocycles. The second-order valence-electron chi connectivity index (χ2n) is 7.25. The minimum Gasteiger partial charge on any atom is -0.486 e. The van der Waals surface area contributed by atoms with Gasteiger partial charge in [-0.2, -0.15) is 0 Å². The number of Topliss-reactive ketones (excluding diaryl/α,β-unsaturated/α-hetero) is 1. The highest BCUT2D eigenvalue weighted by molar-refractivity contribution is 6.00. The van der Waals surface area contributed by atoms with Gasteiger partial charge in [-0.05, 0) is 56.0 Å². The van der Waals surface area contributed by atoms with Gasteiger partial charge in [-0.1, -0.05) is 6.42 Å². The average molecular weight is 369 g/mol. The first-order valence-electron chi connectivity index (χ1n) is 9.42. The molecule has 1 spiro atoms. The van der Waals surface area contributed by atoms with Crippen molar-refractivity contribution in [2.45, 2.75) is 50.7 Å². The standard InChI is InChI=1S/C21H23NO5/c23-18-12-21(8-2-1-3-9-21)27-19-7-6-15(11-17(18)19)26-14-20(24)22-13-16-5-4-10-25-16/h4-7,10-11H,1-3,8-9,12-14H2,(H,22,24). The number of amides is 1. The molecule has 1 aliphatic heterocycles. The zero-order chi connectivity index (χ0) is 18.7. The number of furan rings is 1. The molecule has 0 saturated heterocycles. The van der Waals surface area contributed by atoms with Crippen LogP contribution in [0.1, 0.15) is 54.6 Å². The van der Waals surface area contributed by atoms with Crippen molar-refractivity contribution < 1.29 is 23.5 Å². The molecule has 0 atom stereocenters. The van der Waals surface area contributed by atoms with Gasteiger partial charge in [0.2, 0.25) is 0 Å². The lowest BCUT2D eigenvalue weighted by Crippen LogP contribution is -2.43. The number of carbonyl (C=O) groups is 2. The van der Waals surface area contributed by atoms with Crippen LogP contribution in [0.3, 0.4) is 0 Å². The Morgan fingerprint density at radius 1 is 1.19 bits per heavy atom. The van der Waals surface area contributed by atoms with Crippen molar-refractivity contribution in [3.63, 3.8) is 0 Å². The minimum absolute atomic E-state index is 0.0888. The Balaban J connectivity index is 1.36. The minimum atomic E-state index is -0.323. The molecule has 0 bridgehead atoms. The molecule has 1 fully saturated rings. The Hall–Kier alpha value is -2.76. The molecule has 4 rings (SSSR count). The summed E-state index contributed by atoms with van der Waals surface area (Å²) >= 11 is 0. The van der Waals surface area contributed by atoms with Crippen molar-refractivity contribution >= 4 is 11.7 Å². The Kier molecular flexibility index (Phi) is 4.88. The van der Waals surface area contributed by atoms with E-state index in [1.54, 1.807) is 36.6 Å². The van der Waals surface area contributed by atoms with E-state index in [2.05, 4.69) is 5.32 Å². The molecule has 2 aromatic rings. The first-order chi connectivity index (χ1) is 13.1. The molecule has 0 radical (unpaired) electrons. The zero-order valence-electron chi connectivity index (χ0n) is 15.2. The van der Waals surface area contributed by atoms with Crippen LogP contribution in [0, 0.1) is 0 Å². The first kappa shape index (κ1) is 17.6. The van der Waals surface area contributed by atoms with Gasteiger partial charge < -0.3 is 19.2 Å². The lowest BCUT2D eigenvalue weighted by Gasteiger charge is -2.40. The largest absolute Gasteiger partial charge is 0.486 e. The fourth-order valence-corrected chi connectivity index (χ4v) is 3.84. The number of hydrogen-bond donors (Lipinski definition) is 1. The van der Waals surface area contributed by atoms with Crippen molar-refractivity contribution in [3.8, 4) is 11.5 Å². The summed E-state index contributed by atoms with van der Waals surface area (Å²) in [5.41, 5.74) is 0.218. The number of hydrogen-bond acceptors (Lipinski definition) is 5. The van der Waals surface area contributed by atoms with Gasteiger partial charge in [-0.25, -0.2) is 0 Å². The molecule has 6 heteroatoms. The van der Waals surface area contributed by atoms with Crippen LogP contribution in [-0.4, -0.2) is 23.9 Å². The summed E-state index contributed by atoms with van der Waals surface area (Å²) < 4.78 is 16.9. The Morgan fingerprint density at radius 2 is 2.04 bits per heavy atom. The van der Waals surface area contributed by atoms with Gasteiger partial charge in [0, 0.05) is 0 Å². The molecule has 0 unspecified atom stereocenters. The SMILES string of the molecule is O=C(COc1ccc2c(c1)C(=O)CC1(CCCCC1)O2)NCc1ccco1. The fourth-order valence-electron chi connectivity index (χ4n) is 3.84. The number of nitrogens with one attached hydrogen (secondary N) is 1. The third kappa shape index (κ3) is 3.99. The lowest BCUT2D eigenvalue weighted by atomic mass is 9.78. The summed E-state index contributed by atoms with van der Waals surface area (Å²) in [7, 11) is 0. The van der Waals surface area contributed by atoms with Crippen LogP contribution in [0.5, 0.6) is 11.5 Å². The Labute approximate surface area is 157 Å². The van der Waals surface area contributed by atoms with E-state index >= 15 is 0 Å². The van der Waals surface area contributed by atoms with Crippen LogP contribution in [0.15, 0.2) is 41.0 Å². The van der Waals surface area contributed by atoms with E-state index in [1.165, 1.54) is 6.42 Å². The monoisotopic (exact) mass is 369 g/mol. The summed E-state index contributed by atoms with van der Waals surface area (Å²) in [5, 5.41) is 2.72. The summed E-state index contributed by atoms with van der Waals surface area (Å²) in [6, 6.07) is 8.75.